The van der Waals surface area contributed by atoms with Crippen LogP contribution < -0.4 is 0 Å². The Kier molecular flexibility index (Phi) is 4.83. The molecule has 7 heavy (non-hydrogen) atoms. The van der Waals surface area contributed by atoms with Crippen LogP contribution in [0.5, 0.6) is 0 Å². The van der Waals surface area contributed by atoms with Gasteiger partial charge in [0.1, 0.15) is 0 Å². The summed E-state index contributed by atoms with van der Waals surface area (Å²) >= 11 is 1.13. The van der Waals surface area contributed by atoms with Crippen LogP contribution in [0.2, 0.25) is 0 Å². The normalized spacial score (nSPS) is 15.1. The molecule has 0 spiro atoms. The summed E-state index contributed by atoms with van der Waals surface area (Å²) < 4.78 is 3.99. The monoisotopic (exact) mass is 265 g/mol. The SMILES string of the molecule is CCC(C)C=[N][Ta]. The molecule has 0 rings (SSSR count). The van der Waals surface area contributed by atoms with E-state index in [1.807, 2.05) is 6.21 Å². The fourth-order valence-corrected chi connectivity index (χ4v) is 1.04. The van der Waals surface area contributed by atoms with Crippen LogP contribution in [0.25, 0.3) is 0 Å². The molecule has 0 aliphatic rings. The van der Waals surface area contributed by atoms with Gasteiger partial charge < -0.3 is 0 Å². The van der Waals surface area contributed by atoms with Crippen molar-refractivity contribution in [1.82, 2.24) is 0 Å². The third-order valence-electron chi connectivity index (χ3n) is 0.965. The second-order valence-electron chi connectivity index (χ2n) is 1.65. The van der Waals surface area contributed by atoms with Crippen molar-refractivity contribution in [2.24, 2.45) is 9.31 Å². The molecule has 0 aromatic rings. The minimum absolute atomic E-state index is 0.685. The van der Waals surface area contributed by atoms with E-state index in [4.69, 9.17) is 0 Å². The molecule has 0 saturated heterocycles. The maximum atomic E-state index is 3.99. The van der Waals surface area contributed by atoms with Crippen LogP contribution in [-0.2, 0) is 21.3 Å². The van der Waals surface area contributed by atoms with Gasteiger partial charge in [-0.05, 0) is 0 Å². The van der Waals surface area contributed by atoms with E-state index in [0.29, 0.717) is 5.92 Å². The Hall–Kier alpha value is 0.410. The first-order chi connectivity index (χ1) is 3.31. The van der Waals surface area contributed by atoms with E-state index in [1.54, 1.807) is 0 Å². The minimum atomic E-state index is 0.685. The van der Waals surface area contributed by atoms with Gasteiger partial charge in [0.2, 0.25) is 0 Å². The van der Waals surface area contributed by atoms with Crippen molar-refractivity contribution in [3.63, 3.8) is 0 Å². The second-order valence-corrected chi connectivity index (χ2v) is 2.48. The predicted molar refractivity (Wildman–Crippen MR) is 27.9 cm³/mol. The van der Waals surface area contributed by atoms with Gasteiger partial charge in [-0.1, -0.05) is 0 Å². The van der Waals surface area contributed by atoms with Crippen molar-refractivity contribution >= 4 is 6.21 Å². The molecule has 0 heterocycles. The van der Waals surface area contributed by atoms with Gasteiger partial charge in [-0.25, -0.2) is 0 Å². The third kappa shape index (κ3) is 4.26. The molecule has 0 saturated carbocycles. The van der Waals surface area contributed by atoms with Gasteiger partial charge in [0.25, 0.3) is 0 Å². The molecule has 1 atom stereocenters. The number of rotatable bonds is 2. The Morgan fingerprint density at radius 3 is 2.57 bits per heavy atom. The first-order valence-corrected chi connectivity index (χ1v) is 3.92. The zero-order chi connectivity index (χ0) is 5.70. The number of nitrogens with zero attached hydrogens (tertiary/aromatic N) is 1. The standard InChI is InChI=1S/C5H10N.Ta/c1-3-5(2)4-6;/h4-5H,3H2,1-2H3;/q-1;+1. The molecule has 2 heteroatoms. The van der Waals surface area contributed by atoms with Crippen LogP contribution in [0, 0.1) is 5.92 Å². The third-order valence-corrected chi connectivity index (χ3v) is 1.44. The maximum absolute atomic E-state index is 3.99. The molecule has 0 bridgehead atoms. The topological polar surface area (TPSA) is 12.4 Å². The van der Waals surface area contributed by atoms with Crippen LogP contribution in [-0.4, -0.2) is 6.21 Å². The average Bonchev–Trinajstić information content (AvgIpc) is 1.68. The zero-order valence-electron chi connectivity index (χ0n) is 4.76. The molecular formula is C5H10NTa. The Balaban J connectivity index is 3.16. The molecule has 1 unspecified atom stereocenters. The van der Waals surface area contributed by atoms with E-state index in [1.165, 1.54) is 6.42 Å². The molecule has 0 fully saturated rings. The molecule has 0 N–H and O–H groups in total. The number of hydrogen-bond acceptors (Lipinski definition) is 1. The Labute approximate surface area is 57.5 Å². The van der Waals surface area contributed by atoms with Crippen LogP contribution in [0.3, 0.4) is 0 Å². The fraction of sp³-hybridized carbons (Fsp3) is 0.800. The summed E-state index contributed by atoms with van der Waals surface area (Å²) in [6, 6.07) is 0. The second kappa shape index (κ2) is 4.57. The molecule has 40 valence electrons. The predicted octanol–water partition coefficient (Wildman–Crippen LogP) is 1.57. The van der Waals surface area contributed by atoms with Gasteiger partial charge in [-0.2, -0.15) is 0 Å². The Morgan fingerprint density at radius 2 is 2.43 bits per heavy atom. The molecule has 0 radical (unpaired) electrons. The quantitative estimate of drug-likeness (QED) is 0.672. The van der Waals surface area contributed by atoms with Crippen molar-refractivity contribution in [2.75, 3.05) is 0 Å². The first kappa shape index (κ1) is 7.41. The molecule has 0 aromatic carbocycles. The summed E-state index contributed by atoms with van der Waals surface area (Å²) in [6.45, 7) is 4.35. The van der Waals surface area contributed by atoms with Gasteiger partial charge in [0.05, 0.1) is 0 Å². The summed E-state index contributed by atoms with van der Waals surface area (Å²) in [6.07, 6.45) is 3.23. The fourth-order valence-electron chi connectivity index (χ4n) is 0.219. The van der Waals surface area contributed by atoms with E-state index in [2.05, 4.69) is 17.2 Å². The summed E-state index contributed by atoms with van der Waals surface area (Å²) in [5.41, 5.74) is 0. The van der Waals surface area contributed by atoms with Gasteiger partial charge in [0, 0.05) is 0 Å². The Morgan fingerprint density at radius 1 is 1.86 bits per heavy atom. The van der Waals surface area contributed by atoms with Crippen LogP contribution in [0.4, 0.5) is 0 Å². The van der Waals surface area contributed by atoms with Crippen molar-refractivity contribution in [3.8, 4) is 0 Å². The summed E-state index contributed by atoms with van der Waals surface area (Å²) in [5, 5.41) is 0. The van der Waals surface area contributed by atoms with E-state index in [-0.39, 0.29) is 0 Å². The molecule has 0 amide bonds. The van der Waals surface area contributed by atoms with Crippen LogP contribution in [0.1, 0.15) is 20.3 Å². The van der Waals surface area contributed by atoms with Gasteiger partial charge in [-0.15, -0.1) is 0 Å². The average molecular weight is 265 g/mol. The molecule has 0 aliphatic carbocycles. The van der Waals surface area contributed by atoms with Gasteiger partial charge >= 0.3 is 57.1 Å². The van der Waals surface area contributed by atoms with Crippen molar-refractivity contribution in [2.45, 2.75) is 20.3 Å². The van der Waals surface area contributed by atoms with E-state index < -0.39 is 0 Å². The number of hydrogen-bond donors (Lipinski definition) is 0. The molecule has 0 aliphatic heterocycles. The van der Waals surface area contributed by atoms with E-state index in [9.17, 15) is 0 Å². The van der Waals surface area contributed by atoms with Gasteiger partial charge in [0.15, 0.2) is 0 Å². The zero-order valence-corrected chi connectivity index (χ0v) is 7.97. The van der Waals surface area contributed by atoms with E-state index >= 15 is 0 Å². The van der Waals surface area contributed by atoms with Gasteiger partial charge in [-0.3, -0.25) is 0 Å². The molecular weight excluding hydrogens is 255 g/mol. The van der Waals surface area contributed by atoms with Crippen LogP contribution in [0.15, 0.2) is 3.40 Å². The van der Waals surface area contributed by atoms with Crippen molar-refractivity contribution in [1.29, 1.82) is 0 Å². The summed E-state index contributed by atoms with van der Waals surface area (Å²) in [4.78, 5) is 0. The van der Waals surface area contributed by atoms with Crippen molar-refractivity contribution < 1.29 is 21.3 Å². The summed E-state index contributed by atoms with van der Waals surface area (Å²) in [5.74, 6) is 0.685. The van der Waals surface area contributed by atoms with Crippen LogP contribution >= 0.6 is 0 Å². The molecule has 0 aromatic heterocycles. The first-order valence-electron chi connectivity index (χ1n) is 2.48. The van der Waals surface area contributed by atoms with E-state index in [0.717, 1.165) is 21.3 Å². The molecule has 1 nitrogen and oxygen atoms in total. The summed E-state index contributed by atoms with van der Waals surface area (Å²) in [7, 11) is 0. The van der Waals surface area contributed by atoms with Crippen molar-refractivity contribution in [3.05, 3.63) is 0 Å². The Bertz CT molecular complexity index is 61.1.